The second-order valence-corrected chi connectivity index (χ2v) is 4.94. The molecule has 0 heterocycles. The molecule has 82 valence electrons. The van der Waals surface area contributed by atoms with Crippen LogP contribution in [0.25, 0.3) is 0 Å². The molecule has 2 saturated carbocycles. The number of hydrogen-bond acceptors (Lipinski definition) is 2. The van der Waals surface area contributed by atoms with E-state index >= 15 is 0 Å². The second-order valence-electron chi connectivity index (χ2n) is 4.94. The van der Waals surface area contributed by atoms with E-state index in [1.54, 1.807) is 0 Å². The van der Waals surface area contributed by atoms with E-state index in [4.69, 9.17) is 4.74 Å². The predicted molar refractivity (Wildman–Crippen MR) is 58.3 cm³/mol. The van der Waals surface area contributed by atoms with Crippen molar-refractivity contribution in [2.24, 2.45) is 11.8 Å². The average molecular weight is 197 g/mol. The molecule has 1 N–H and O–H groups in total. The molecular formula is C12H23NO. The third-order valence-corrected chi connectivity index (χ3v) is 3.69. The lowest BCUT2D eigenvalue weighted by molar-refractivity contribution is 0.0933. The van der Waals surface area contributed by atoms with Crippen LogP contribution in [0.5, 0.6) is 0 Å². The fourth-order valence-corrected chi connectivity index (χ4v) is 2.59. The van der Waals surface area contributed by atoms with E-state index < -0.39 is 0 Å². The molecular weight excluding hydrogens is 174 g/mol. The van der Waals surface area contributed by atoms with Gasteiger partial charge >= 0.3 is 0 Å². The minimum atomic E-state index is 0.819. The molecule has 2 heteroatoms. The van der Waals surface area contributed by atoms with Crippen LogP contribution in [0.4, 0.5) is 0 Å². The summed E-state index contributed by atoms with van der Waals surface area (Å²) in [7, 11) is 1.83. The summed E-state index contributed by atoms with van der Waals surface area (Å²) in [6.07, 6.45) is 8.44. The van der Waals surface area contributed by atoms with Crippen molar-refractivity contribution in [1.82, 2.24) is 5.32 Å². The van der Waals surface area contributed by atoms with Gasteiger partial charge in [-0.25, -0.2) is 0 Å². The normalized spacial score (nSPS) is 33.2. The zero-order valence-corrected chi connectivity index (χ0v) is 9.30. The van der Waals surface area contributed by atoms with E-state index in [-0.39, 0.29) is 0 Å². The molecule has 0 spiro atoms. The maximum Gasteiger partial charge on any atom is 0.0493 e. The van der Waals surface area contributed by atoms with Gasteiger partial charge in [0.05, 0.1) is 0 Å². The average Bonchev–Trinajstić information content (AvgIpc) is 3.01. The number of methoxy groups -OCH3 is 1. The first-order valence-corrected chi connectivity index (χ1v) is 6.12. The van der Waals surface area contributed by atoms with Crippen molar-refractivity contribution in [1.29, 1.82) is 0 Å². The van der Waals surface area contributed by atoms with E-state index in [9.17, 15) is 0 Å². The lowest BCUT2D eigenvalue weighted by atomic mass is 9.79. The van der Waals surface area contributed by atoms with Crippen molar-refractivity contribution in [3.63, 3.8) is 0 Å². The minimum Gasteiger partial charge on any atom is -0.384 e. The summed E-state index contributed by atoms with van der Waals surface area (Å²) >= 11 is 0. The number of ether oxygens (including phenoxy) is 1. The molecule has 2 rings (SSSR count). The van der Waals surface area contributed by atoms with Gasteiger partial charge < -0.3 is 10.1 Å². The van der Waals surface area contributed by atoms with Gasteiger partial charge in [0.1, 0.15) is 0 Å². The molecule has 0 saturated heterocycles. The smallest absolute Gasteiger partial charge is 0.0493 e. The summed E-state index contributed by atoms with van der Waals surface area (Å²) in [5.74, 6) is 1.70. The van der Waals surface area contributed by atoms with Gasteiger partial charge in [-0.15, -0.1) is 0 Å². The molecule has 0 amide bonds. The topological polar surface area (TPSA) is 21.3 Å². The largest absolute Gasteiger partial charge is 0.384 e. The van der Waals surface area contributed by atoms with Crippen LogP contribution in [0.3, 0.4) is 0 Å². The van der Waals surface area contributed by atoms with E-state index in [1.165, 1.54) is 45.1 Å². The Morgan fingerprint density at radius 3 is 2.43 bits per heavy atom. The number of nitrogens with one attached hydrogen (secondary N) is 1. The van der Waals surface area contributed by atoms with E-state index in [1.807, 2.05) is 7.11 Å². The highest BCUT2D eigenvalue weighted by atomic mass is 16.5. The van der Waals surface area contributed by atoms with E-state index in [2.05, 4.69) is 5.32 Å². The Balaban J connectivity index is 1.72. The van der Waals surface area contributed by atoms with Gasteiger partial charge in [-0.3, -0.25) is 0 Å². The first-order chi connectivity index (χ1) is 6.90. The molecule has 2 aliphatic carbocycles. The van der Waals surface area contributed by atoms with Crippen molar-refractivity contribution in [2.45, 2.75) is 44.6 Å². The van der Waals surface area contributed by atoms with Crippen LogP contribution in [-0.4, -0.2) is 26.3 Å². The Morgan fingerprint density at radius 2 is 1.79 bits per heavy atom. The minimum absolute atomic E-state index is 0.819. The third-order valence-electron chi connectivity index (χ3n) is 3.69. The highest BCUT2D eigenvalue weighted by Gasteiger charge is 2.27. The Hall–Kier alpha value is -0.0800. The van der Waals surface area contributed by atoms with Crippen LogP contribution in [0.2, 0.25) is 0 Å². The van der Waals surface area contributed by atoms with Crippen molar-refractivity contribution >= 4 is 0 Å². The standard InChI is InChI=1S/C12H23NO/c1-14-9-11-5-3-2-4-10(11)8-13-12-6-7-12/h10-13H,2-9H2,1H3. The lowest BCUT2D eigenvalue weighted by Crippen LogP contribution is -2.33. The van der Waals surface area contributed by atoms with E-state index in [0.717, 1.165) is 24.5 Å². The summed E-state index contributed by atoms with van der Waals surface area (Å²) in [5, 5.41) is 3.66. The zero-order chi connectivity index (χ0) is 9.80. The zero-order valence-electron chi connectivity index (χ0n) is 9.30. The summed E-state index contributed by atoms with van der Waals surface area (Å²) in [5.41, 5.74) is 0. The van der Waals surface area contributed by atoms with Gasteiger partial charge in [-0.2, -0.15) is 0 Å². The van der Waals surface area contributed by atoms with Gasteiger partial charge in [0.15, 0.2) is 0 Å². The quantitative estimate of drug-likeness (QED) is 0.729. The Labute approximate surface area is 87.4 Å². The Kier molecular flexibility index (Phi) is 3.82. The van der Waals surface area contributed by atoms with Gasteiger partial charge in [0.2, 0.25) is 0 Å². The van der Waals surface area contributed by atoms with Crippen LogP contribution in [0, 0.1) is 11.8 Å². The fourth-order valence-electron chi connectivity index (χ4n) is 2.59. The summed E-state index contributed by atoms with van der Waals surface area (Å²) < 4.78 is 5.31. The van der Waals surface area contributed by atoms with Gasteiger partial charge in [0.25, 0.3) is 0 Å². The molecule has 2 unspecified atom stereocenters. The Morgan fingerprint density at radius 1 is 1.07 bits per heavy atom. The monoisotopic (exact) mass is 197 g/mol. The van der Waals surface area contributed by atoms with E-state index in [0.29, 0.717) is 0 Å². The molecule has 2 atom stereocenters. The summed E-state index contributed by atoms with van der Waals surface area (Å²) in [6.45, 7) is 2.20. The van der Waals surface area contributed by atoms with Gasteiger partial charge in [0, 0.05) is 19.8 Å². The predicted octanol–water partition coefficient (Wildman–Crippen LogP) is 2.19. The third kappa shape index (κ3) is 2.96. The van der Waals surface area contributed by atoms with Gasteiger partial charge in [-0.1, -0.05) is 12.8 Å². The highest BCUT2D eigenvalue weighted by molar-refractivity contribution is 4.84. The van der Waals surface area contributed by atoms with Gasteiger partial charge in [-0.05, 0) is 44.1 Å². The highest BCUT2D eigenvalue weighted by Crippen LogP contribution is 2.30. The van der Waals surface area contributed by atoms with Crippen LogP contribution < -0.4 is 5.32 Å². The number of hydrogen-bond donors (Lipinski definition) is 1. The summed E-state index contributed by atoms with van der Waals surface area (Å²) in [6, 6.07) is 0.861. The van der Waals surface area contributed by atoms with Crippen LogP contribution in [0.15, 0.2) is 0 Å². The van der Waals surface area contributed by atoms with Crippen molar-refractivity contribution in [3.05, 3.63) is 0 Å². The molecule has 14 heavy (non-hydrogen) atoms. The first kappa shape index (κ1) is 10.4. The second kappa shape index (κ2) is 5.13. The van der Waals surface area contributed by atoms with Crippen LogP contribution in [0.1, 0.15) is 38.5 Å². The molecule has 0 aromatic rings. The van der Waals surface area contributed by atoms with Crippen LogP contribution in [-0.2, 0) is 4.74 Å². The van der Waals surface area contributed by atoms with Crippen molar-refractivity contribution < 1.29 is 4.74 Å². The lowest BCUT2D eigenvalue weighted by Gasteiger charge is -2.31. The number of rotatable bonds is 5. The SMILES string of the molecule is COCC1CCCCC1CNC1CC1. The molecule has 2 aliphatic rings. The maximum absolute atomic E-state index is 5.31. The van der Waals surface area contributed by atoms with Crippen molar-refractivity contribution in [2.75, 3.05) is 20.3 Å². The summed E-state index contributed by atoms with van der Waals surface area (Å²) in [4.78, 5) is 0. The molecule has 2 fully saturated rings. The molecule has 0 aromatic heterocycles. The fraction of sp³-hybridized carbons (Fsp3) is 1.00. The molecule has 2 nitrogen and oxygen atoms in total. The molecule has 0 bridgehead atoms. The molecule has 0 aromatic carbocycles. The molecule has 0 radical (unpaired) electrons. The van der Waals surface area contributed by atoms with Crippen molar-refractivity contribution in [3.8, 4) is 0 Å². The Bertz CT molecular complexity index is 166. The van der Waals surface area contributed by atoms with Crippen LogP contribution >= 0.6 is 0 Å². The maximum atomic E-state index is 5.31. The first-order valence-electron chi connectivity index (χ1n) is 6.12. The molecule has 0 aliphatic heterocycles.